The molecule has 1 aromatic carbocycles. The molecule has 24 heavy (non-hydrogen) atoms. The SMILES string of the molecule is Cc1cc(C)cc(COc2cnc(-n3cc(C(=O)O)cn3)nc2)c1. The van der Waals surface area contributed by atoms with Crippen molar-refractivity contribution < 1.29 is 14.6 Å². The number of benzene rings is 1. The van der Waals surface area contributed by atoms with Gasteiger partial charge in [0.15, 0.2) is 5.75 Å². The molecule has 7 nitrogen and oxygen atoms in total. The first kappa shape index (κ1) is 15.7. The minimum atomic E-state index is -1.05. The van der Waals surface area contributed by atoms with Crippen molar-refractivity contribution in [2.24, 2.45) is 0 Å². The van der Waals surface area contributed by atoms with E-state index in [2.05, 4.69) is 33.3 Å². The molecule has 0 fully saturated rings. The maximum Gasteiger partial charge on any atom is 0.338 e. The van der Waals surface area contributed by atoms with E-state index in [1.165, 1.54) is 40.6 Å². The highest BCUT2D eigenvalue weighted by Gasteiger charge is 2.09. The number of nitrogens with zero attached hydrogens (tertiary/aromatic N) is 4. The van der Waals surface area contributed by atoms with Crippen molar-refractivity contribution in [2.75, 3.05) is 0 Å². The number of rotatable bonds is 5. The van der Waals surface area contributed by atoms with E-state index < -0.39 is 5.97 Å². The minimum Gasteiger partial charge on any atom is -0.486 e. The van der Waals surface area contributed by atoms with Crippen LogP contribution in [0.5, 0.6) is 5.75 Å². The second-order valence-electron chi connectivity index (χ2n) is 5.48. The van der Waals surface area contributed by atoms with Crippen molar-refractivity contribution in [3.05, 3.63) is 65.2 Å². The van der Waals surface area contributed by atoms with Gasteiger partial charge in [-0.15, -0.1) is 0 Å². The van der Waals surface area contributed by atoms with Gasteiger partial charge in [0.25, 0.3) is 5.95 Å². The quantitative estimate of drug-likeness (QED) is 0.775. The molecule has 0 aliphatic carbocycles. The van der Waals surface area contributed by atoms with E-state index in [0.717, 1.165) is 5.56 Å². The molecule has 122 valence electrons. The van der Waals surface area contributed by atoms with E-state index in [9.17, 15) is 4.79 Å². The van der Waals surface area contributed by atoms with Gasteiger partial charge in [-0.2, -0.15) is 5.10 Å². The Morgan fingerprint density at radius 2 is 1.79 bits per heavy atom. The number of carboxylic acids is 1. The largest absolute Gasteiger partial charge is 0.486 e. The molecule has 3 rings (SSSR count). The van der Waals surface area contributed by atoms with Crippen LogP contribution < -0.4 is 4.74 Å². The van der Waals surface area contributed by atoms with Gasteiger partial charge in [-0.25, -0.2) is 19.4 Å². The highest BCUT2D eigenvalue weighted by Crippen LogP contribution is 2.14. The summed E-state index contributed by atoms with van der Waals surface area (Å²) < 4.78 is 6.99. The van der Waals surface area contributed by atoms with Gasteiger partial charge >= 0.3 is 5.97 Å². The normalized spacial score (nSPS) is 10.6. The Morgan fingerprint density at radius 3 is 2.38 bits per heavy atom. The summed E-state index contributed by atoms with van der Waals surface area (Å²) in [7, 11) is 0. The summed E-state index contributed by atoms with van der Waals surface area (Å²) in [6, 6.07) is 6.25. The number of hydrogen-bond acceptors (Lipinski definition) is 5. The fourth-order valence-corrected chi connectivity index (χ4v) is 2.36. The van der Waals surface area contributed by atoms with Crippen LogP contribution in [0.25, 0.3) is 5.95 Å². The average molecular weight is 324 g/mol. The zero-order valence-corrected chi connectivity index (χ0v) is 13.3. The second kappa shape index (κ2) is 6.49. The summed E-state index contributed by atoms with van der Waals surface area (Å²) in [5.74, 6) is -0.237. The number of aryl methyl sites for hydroxylation is 2. The van der Waals surface area contributed by atoms with Crippen molar-refractivity contribution in [3.8, 4) is 11.7 Å². The van der Waals surface area contributed by atoms with Crippen LogP contribution in [0.3, 0.4) is 0 Å². The molecule has 2 aromatic heterocycles. The fraction of sp³-hybridized carbons (Fsp3) is 0.176. The Hall–Kier alpha value is -3.22. The second-order valence-corrected chi connectivity index (χ2v) is 5.48. The number of carbonyl (C=O) groups is 1. The molecule has 1 N–H and O–H groups in total. The lowest BCUT2D eigenvalue weighted by Gasteiger charge is -2.08. The zero-order chi connectivity index (χ0) is 17.1. The van der Waals surface area contributed by atoms with Gasteiger partial charge in [0, 0.05) is 6.20 Å². The standard InChI is InChI=1S/C17H16N4O3/c1-11-3-12(2)5-13(4-11)10-24-15-7-18-17(19-8-15)21-9-14(6-20-21)16(22)23/h3-9H,10H2,1-2H3,(H,22,23). The highest BCUT2D eigenvalue weighted by atomic mass is 16.5. The summed E-state index contributed by atoms with van der Waals surface area (Å²) in [5, 5.41) is 12.8. The summed E-state index contributed by atoms with van der Waals surface area (Å²) >= 11 is 0. The predicted octanol–water partition coefficient (Wildman–Crippen LogP) is 2.56. The first-order valence-corrected chi connectivity index (χ1v) is 7.31. The Balaban J connectivity index is 1.68. The van der Waals surface area contributed by atoms with E-state index in [4.69, 9.17) is 9.84 Å². The maximum atomic E-state index is 10.9. The molecular weight excluding hydrogens is 308 g/mol. The molecular formula is C17H16N4O3. The smallest absolute Gasteiger partial charge is 0.338 e. The molecule has 0 saturated heterocycles. The monoisotopic (exact) mass is 324 g/mol. The van der Waals surface area contributed by atoms with Crippen molar-refractivity contribution >= 4 is 5.97 Å². The Morgan fingerprint density at radius 1 is 1.12 bits per heavy atom. The van der Waals surface area contributed by atoms with Gasteiger partial charge in [0.05, 0.1) is 24.2 Å². The van der Waals surface area contributed by atoms with Gasteiger partial charge in [-0.05, 0) is 19.4 Å². The van der Waals surface area contributed by atoms with Gasteiger partial charge in [-0.1, -0.05) is 29.3 Å². The van der Waals surface area contributed by atoms with Crippen LogP contribution >= 0.6 is 0 Å². The number of hydrogen-bond donors (Lipinski definition) is 1. The van der Waals surface area contributed by atoms with Gasteiger partial charge in [-0.3, -0.25) is 0 Å². The van der Waals surface area contributed by atoms with Gasteiger partial charge in [0.1, 0.15) is 6.61 Å². The summed E-state index contributed by atoms with van der Waals surface area (Å²) in [4.78, 5) is 19.1. The van der Waals surface area contributed by atoms with Crippen LogP contribution in [0.4, 0.5) is 0 Å². The zero-order valence-electron chi connectivity index (χ0n) is 13.3. The Bertz CT molecular complexity index is 852. The van der Waals surface area contributed by atoms with Gasteiger partial charge in [0.2, 0.25) is 0 Å². The van der Waals surface area contributed by atoms with Crippen LogP contribution in [0.15, 0.2) is 43.0 Å². The molecule has 0 unspecified atom stereocenters. The van der Waals surface area contributed by atoms with E-state index in [1.807, 2.05) is 13.8 Å². The van der Waals surface area contributed by atoms with Crippen LogP contribution in [0.2, 0.25) is 0 Å². The van der Waals surface area contributed by atoms with Gasteiger partial charge < -0.3 is 9.84 Å². The topological polar surface area (TPSA) is 90.1 Å². The third kappa shape index (κ3) is 3.57. The van der Waals surface area contributed by atoms with E-state index in [-0.39, 0.29) is 11.5 Å². The molecule has 7 heteroatoms. The van der Waals surface area contributed by atoms with E-state index >= 15 is 0 Å². The molecule has 0 spiro atoms. The van der Waals surface area contributed by atoms with Crippen molar-refractivity contribution in [3.63, 3.8) is 0 Å². The Kier molecular flexibility index (Phi) is 4.24. The number of ether oxygens (including phenoxy) is 1. The molecule has 0 aliphatic heterocycles. The number of aromatic nitrogens is 4. The average Bonchev–Trinajstić information content (AvgIpc) is 3.03. The third-order valence-corrected chi connectivity index (χ3v) is 3.34. The van der Waals surface area contributed by atoms with E-state index in [1.54, 1.807) is 0 Å². The summed E-state index contributed by atoms with van der Waals surface area (Å²) in [6.45, 7) is 4.52. The lowest BCUT2D eigenvalue weighted by Crippen LogP contribution is -2.03. The third-order valence-electron chi connectivity index (χ3n) is 3.34. The minimum absolute atomic E-state index is 0.0775. The highest BCUT2D eigenvalue weighted by molar-refractivity contribution is 5.86. The van der Waals surface area contributed by atoms with Crippen molar-refractivity contribution in [1.29, 1.82) is 0 Å². The summed E-state index contributed by atoms with van der Waals surface area (Å²) in [5.41, 5.74) is 3.53. The van der Waals surface area contributed by atoms with Crippen LogP contribution in [-0.2, 0) is 6.61 Å². The van der Waals surface area contributed by atoms with Crippen LogP contribution in [-0.4, -0.2) is 30.8 Å². The molecule has 0 amide bonds. The molecule has 0 aliphatic rings. The Labute approximate surface area is 138 Å². The maximum absolute atomic E-state index is 10.9. The van der Waals surface area contributed by atoms with Crippen LogP contribution in [0, 0.1) is 13.8 Å². The molecule has 0 radical (unpaired) electrons. The summed E-state index contributed by atoms with van der Waals surface area (Å²) in [6.07, 6.45) is 5.67. The molecule has 2 heterocycles. The first-order chi connectivity index (χ1) is 11.5. The lowest BCUT2D eigenvalue weighted by atomic mass is 10.1. The molecule has 0 bridgehead atoms. The molecule has 0 saturated carbocycles. The van der Waals surface area contributed by atoms with E-state index in [0.29, 0.717) is 12.4 Å². The number of aromatic carboxylic acids is 1. The van der Waals surface area contributed by atoms with Crippen LogP contribution in [0.1, 0.15) is 27.0 Å². The molecule has 3 aromatic rings. The fourth-order valence-electron chi connectivity index (χ4n) is 2.36. The first-order valence-electron chi connectivity index (χ1n) is 7.31. The predicted molar refractivity (Wildman–Crippen MR) is 86.4 cm³/mol. The lowest BCUT2D eigenvalue weighted by molar-refractivity contribution is 0.0697. The number of carboxylic acid groups (broad SMARTS) is 1. The van der Waals surface area contributed by atoms with Crippen molar-refractivity contribution in [2.45, 2.75) is 20.5 Å². The molecule has 0 atom stereocenters. The van der Waals surface area contributed by atoms with Crippen molar-refractivity contribution in [1.82, 2.24) is 19.7 Å².